The highest BCUT2D eigenvalue weighted by Crippen LogP contribution is 2.37. The van der Waals surface area contributed by atoms with Crippen LogP contribution >= 0.6 is 0 Å². The SMILES string of the molecule is CC(C)OCCN(C)c1ccc2c(c1)N(C)C(=O)C2O. The second-order valence-corrected chi connectivity index (χ2v) is 5.38. The van der Waals surface area contributed by atoms with Crippen LogP contribution in [0.2, 0.25) is 0 Å². The number of ether oxygens (including phenoxy) is 1. The molecule has 1 aromatic rings. The predicted molar refractivity (Wildman–Crippen MR) is 79.2 cm³/mol. The van der Waals surface area contributed by atoms with Crippen LogP contribution in [0.5, 0.6) is 0 Å². The second kappa shape index (κ2) is 5.81. The summed E-state index contributed by atoms with van der Waals surface area (Å²) in [6, 6.07) is 5.67. The van der Waals surface area contributed by atoms with Gasteiger partial charge in [-0.2, -0.15) is 0 Å². The summed E-state index contributed by atoms with van der Waals surface area (Å²) in [6.07, 6.45) is -0.805. The molecule has 0 bridgehead atoms. The van der Waals surface area contributed by atoms with Gasteiger partial charge in [0.15, 0.2) is 6.10 Å². The van der Waals surface area contributed by atoms with E-state index in [9.17, 15) is 9.90 Å². The maximum atomic E-state index is 11.7. The van der Waals surface area contributed by atoms with Gasteiger partial charge in [0.25, 0.3) is 5.91 Å². The van der Waals surface area contributed by atoms with Gasteiger partial charge in [0.1, 0.15) is 0 Å². The first-order valence-corrected chi connectivity index (χ1v) is 6.84. The molecule has 1 aromatic carbocycles. The lowest BCUT2D eigenvalue weighted by atomic mass is 10.1. The van der Waals surface area contributed by atoms with Gasteiger partial charge in [-0.3, -0.25) is 4.79 Å². The first kappa shape index (κ1) is 14.8. The van der Waals surface area contributed by atoms with E-state index in [4.69, 9.17) is 4.74 Å². The highest BCUT2D eigenvalue weighted by Gasteiger charge is 2.33. The molecule has 1 amide bonds. The van der Waals surface area contributed by atoms with E-state index in [1.54, 1.807) is 7.05 Å². The van der Waals surface area contributed by atoms with Crippen molar-refractivity contribution < 1.29 is 14.6 Å². The van der Waals surface area contributed by atoms with E-state index in [1.807, 2.05) is 39.1 Å². The summed E-state index contributed by atoms with van der Waals surface area (Å²) in [5.74, 6) is -0.275. The molecule has 0 saturated heterocycles. The lowest BCUT2D eigenvalue weighted by Crippen LogP contribution is -2.25. The van der Waals surface area contributed by atoms with Gasteiger partial charge in [-0.15, -0.1) is 0 Å². The van der Waals surface area contributed by atoms with Crippen LogP contribution < -0.4 is 9.80 Å². The van der Waals surface area contributed by atoms with Crippen molar-refractivity contribution in [2.24, 2.45) is 0 Å². The Labute approximate surface area is 119 Å². The lowest BCUT2D eigenvalue weighted by Gasteiger charge is -2.21. The lowest BCUT2D eigenvalue weighted by molar-refractivity contribution is -0.125. The van der Waals surface area contributed by atoms with Crippen molar-refractivity contribution in [2.45, 2.75) is 26.1 Å². The number of hydrogen-bond acceptors (Lipinski definition) is 4. The number of carbonyl (C=O) groups is 1. The summed E-state index contributed by atoms with van der Waals surface area (Å²) in [4.78, 5) is 15.3. The van der Waals surface area contributed by atoms with Crippen LogP contribution in [0.1, 0.15) is 25.5 Å². The minimum atomic E-state index is -1.03. The molecule has 5 nitrogen and oxygen atoms in total. The fraction of sp³-hybridized carbons (Fsp3) is 0.533. The van der Waals surface area contributed by atoms with E-state index in [0.29, 0.717) is 12.2 Å². The summed E-state index contributed by atoms with van der Waals surface area (Å²) in [7, 11) is 3.67. The maximum Gasteiger partial charge on any atom is 0.260 e. The summed E-state index contributed by atoms with van der Waals surface area (Å²) < 4.78 is 5.54. The van der Waals surface area contributed by atoms with Crippen LogP contribution in [-0.4, -0.2) is 44.4 Å². The minimum absolute atomic E-state index is 0.224. The number of fused-ring (bicyclic) bond motifs is 1. The van der Waals surface area contributed by atoms with Crippen molar-refractivity contribution in [3.63, 3.8) is 0 Å². The van der Waals surface area contributed by atoms with Gasteiger partial charge in [-0.05, 0) is 26.0 Å². The predicted octanol–water partition coefficient (Wildman–Crippen LogP) is 1.56. The van der Waals surface area contributed by atoms with Crippen LogP contribution in [0, 0.1) is 0 Å². The molecule has 0 saturated carbocycles. The average molecular weight is 278 g/mol. The molecule has 0 radical (unpaired) electrons. The average Bonchev–Trinajstić information content (AvgIpc) is 2.63. The highest BCUT2D eigenvalue weighted by atomic mass is 16.5. The van der Waals surface area contributed by atoms with Crippen molar-refractivity contribution in [1.82, 2.24) is 0 Å². The maximum absolute atomic E-state index is 11.7. The van der Waals surface area contributed by atoms with Crippen molar-refractivity contribution in [1.29, 1.82) is 0 Å². The largest absolute Gasteiger partial charge is 0.378 e. The third-order valence-electron chi connectivity index (χ3n) is 3.55. The summed E-state index contributed by atoms with van der Waals surface area (Å²) in [5.41, 5.74) is 2.45. The Balaban J connectivity index is 2.10. The van der Waals surface area contributed by atoms with Crippen molar-refractivity contribution in [3.05, 3.63) is 23.8 Å². The van der Waals surface area contributed by atoms with E-state index in [2.05, 4.69) is 4.90 Å². The van der Waals surface area contributed by atoms with Crippen LogP contribution in [0.4, 0.5) is 11.4 Å². The van der Waals surface area contributed by atoms with E-state index in [0.717, 1.165) is 17.9 Å². The molecular formula is C15H22N2O3. The molecule has 1 aliphatic rings. The fourth-order valence-corrected chi connectivity index (χ4v) is 2.28. The molecule has 1 atom stereocenters. The third kappa shape index (κ3) is 2.78. The van der Waals surface area contributed by atoms with Crippen LogP contribution in [0.15, 0.2) is 18.2 Å². The second-order valence-electron chi connectivity index (χ2n) is 5.38. The molecule has 1 N–H and O–H groups in total. The van der Waals surface area contributed by atoms with Crippen molar-refractivity contribution in [2.75, 3.05) is 37.0 Å². The Morgan fingerprint density at radius 2 is 2.15 bits per heavy atom. The molecule has 1 heterocycles. The van der Waals surface area contributed by atoms with Crippen LogP contribution in [-0.2, 0) is 9.53 Å². The Morgan fingerprint density at radius 3 is 2.80 bits per heavy atom. The number of nitrogens with zero attached hydrogens (tertiary/aromatic N) is 2. The van der Waals surface area contributed by atoms with E-state index >= 15 is 0 Å². The van der Waals surface area contributed by atoms with Crippen molar-refractivity contribution in [3.8, 4) is 0 Å². The molecule has 0 fully saturated rings. The molecule has 1 aliphatic heterocycles. The number of aliphatic hydroxyl groups excluding tert-OH is 1. The molecular weight excluding hydrogens is 256 g/mol. The van der Waals surface area contributed by atoms with Gasteiger partial charge >= 0.3 is 0 Å². The number of benzene rings is 1. The van der Waals surface area contributed by atoms with E-state index < -0.39 is 6.10 Å². The normalized spacial score (nSPS) is 17.8. The van der Waals surface area contributed by atoms with E-state index in [-0.39, 0.29) is 12.0 Å². The number of likely N-dealkylation sites (N-methyl/N-ethyl adjacent to an activating group) is 2. The zero-order chi connectivity index (χ0) is 14.9. The summed E-state index contributed by atoms with van der Waals surface area (Å²) in [6.45, 7) is 5.45. The molecule has 0 aliphatic carbocycles. The number of hydrogen-bond donors (Lipinski definition) is 1. The van der Waals surface area contributed by atoms with Gasteiger partial charge in [0, 0.05) is 31.9 Å². The summed E-state index contributed by atoms with van der Waals surface area (Å²) in [5, 5.41) is 9.83. The van der Waals surface area contributed by atoms with Gasteiger partial charge in [0.2, 0.25) is 0 Å². The first-order valence-electron chi connectivity index (χ1n) is 6.84. The molecule has 0 spiro atoms. The number of carbonyl (C=O) groups excluding carboxylic acids is 1. The quantitative estimate of drug-likeness (QED) is 0.888. The first-order chi connectivity index (χ1) is 9.41. The van der Waals surface area contributed by atoms with E-state index in [1.165, 1.54) is 4.90 Å². The number of amides is 1. The van der Waals surface area contributed by atoms with Gasteiger partial charge < -0.3 is 19.6 Å². The van der Waals surface area contributed by atoms with Gasteiger partial charge in [-0.25, -0.2) is 0 Å². The zero-order valence-electron chi connectivity index (χ0n) is 12.5. The van der Waals surface area contributed by atoms with Crippen molar-refractivity contribution >= 4 is 17.3 Å². The molecule has 110 valence electrons. The Bertz CT molecular complexity index is 502. The third-order valence-corrected chi connectivity index (χ3v) is 3.55. The van der Waals surface area contributed by atoms with Crippen LogP contribution in [0.3, 0.4) is 0 Å². The Hall–Kier alpha value is -1.59. The van der Waals surface area contributed by atoms with Gasteiger partial charge in [0.05, 0.1) is 18.4 Å². The Kier molecular flexibility index (Phi) is 4.30. The smallest absolute Gasteiger partial charge is 0.260 e. The van der Waals surface area contributed by atoms with Crippen LogP contribution in [0.25, 0.3) is 0 Å². The standard InChI is InChI=1S/C15H22N2O3/c1-10(2)20-8-7-16(3)11-5-6-12-13(9-11)17(4)15(19)14(12)18/h5-6,9-10,14,18H,7-8H2,1-4H3. The fourth-order valence-electron chi connectivity index (χ4n) is 2.28. The molecule has 5 heteroatoms. The Morgan fingerprint density at radius 1 is 1.45 bits per heavy atom. The zero-order valence-corrected chi connectivity index (χ0v) is 12.5. The number of aliphatic hydroxyl groups is 1. The molecule has 0 aromatic heterocycles. The highest BCUT2D eigenvalue weighted by molar-refractivity contribution is 6.03. The minimum Gasteiger partial charge on any atom is -0.378 e. The topological polar surface area (TPSA) is 53.0 Å². The van der Waals surface area contributed by atoms with Gasteiger partial charge in [-0.1, -0.05) is 6.07 Å². The summed E-state index contributed by atoms with van der Waals surface area (Å²) >= 11 is 0. The number of anilines is 2. The molecule has 1 unspecified atom stereocenters. The monoisotopic (exact) mass is 278 g/mol. The molecule has 2 rings (SSSR count). The number of rotatable bonds is 5. The molecule has 20 heavy (non-hydrogen) atoms.